The highest BCUT2D eigenvalue weighted by Crippen LogP contribution is 2.26. The van der Waals surface area contributed by atoms with E-state index in [4.69, 9.17) is 4.74 Å². The van der Waals surface area contributed by atoms with Crippen molar-refractivity contribution in [3.8, 4) is 5.75 Å². The second-order valence-electron chi connectivity index (χ2n) is 7.54. The highest BCUT2D eigenvalue weighted by Gasteiger charge is 2.22. The van der Waals surface area contributed by atoms with Gasteiger partial charge >= 0.3 is 0 Å². The Balaban J connectivity index is 0.00000341. The summed E-state index contributed by atoms with van der Waals surface area (Å²) < 4.78 is 5.70. The number of amides is 1. The fourth-order valence-corrected chi connectivity index (χ4v) is 3.58. The molecular formula is C24H33IN4O2. The maximum absolute atomic E-state index is 12.3. The molecule has 0 atom stereocenters. The molecule has 0 radical (unpaired) electrons. The summed E-state index contributed by atoms with van der Waals surface area (Å²) in [5.41, 5.74) is 1.95. The van der Waals surface area contributed by atoms with Crippen LogP contribution in [0.1, 0.15) is 37.7 Å². The highest BCUT2D eigenvalue weighted by molar-refractivity contribution is 14.0. The van der Waals surface area contributed by atoms with Gasteiger partial charge in [0.1, 0.15) is 5.75 Å². The molecule has 0 unspecified atom stereocenters. The molecule has 168 valence electrons. The number of ether oxygens (including phenoxy) is 1. The van der Waals surface area contributed by atoms with Crippen molar-refractivity contribution in [3.63, 3.8) is 0 Å². The largest absolute Gasteiger partial charge is 0.494 e. The van der Waals surface area contributed by atoms with Crippen molar-refractivity contribution in [2.45, 2.75) is 38.6 Å². The van der Waals surface area contributed by atoms with Crippen LogP contribution in [-0.2, 0) is 11.3 Å². The van der Waals surface area contributed by atoms with Gasteiger partial charge in [-0.3, -0.25) is 9.79 Å². The molecule has 7 heteroatoms. The summed E-state index contributed by atoms with van der Waals surface area (Å²) in [5.74, 6) is 1.95. The number of halogens is 1. The summed E-state index contributed by atoms with van der Waals surface area (Å²) >= 11 is 0. The molecule has 0 bridgehead atoms. The number of carbonyl (C=O) groups is 1. The molecule has 1 fully saturated rings. The predicted octanol–water partition coefficient (Wildman–Crippen LogP) is 4.57. The lowest BCUT2D eigenvalue weighted by molar-refractivity contribution is -0.119. The van der Waals surface area contributed by atoms with Crippen LogP contribution in [0.15, 0.2) is 59.6 Å². The van der Waals surface area contributed by atoms with Gasteiger partial charge in [-0.25, -0.2) is 0 Å². The van der Waals surface area contributed by atoms with Gasteiger partial charge in [0.15, 0.2) is 5.96 Å². The molecule has 2 aromatic carbocycles. The molecule has 3 rings (SSSR count). The number of hydrogen-bond donors (Lipinski definition) is 3. The Labute approximate surface area is 202 Å². The zero-order valence-electron chi connectivity index (χ0n) is 18.1. The van der Waals surface area contributed by atoms with Crippen molar-refractivity contribution < 1.29 is 9.53 Å². The quantitative estimate of drug-likeness (QED) is 0.190. The van der Waals surface area contributed by atoms with Crippen LogP contribution in [0, 0.1) is 5.92 Å². The van der Waals surface area contributed by atoms with E-state index in [1.807, 2.05) is 54.6 Å². The van der Waals surface area contributed by atoms with Gasteiger partial charge in [0, 0.05) is 31.7 Å². The molecule has 0 spiro atoms. The monoisotopic (exact) mass is 536 g/mol. The Morgan fingerprint density at radius 1 is 1.06 bits per heavy atom. The van der Waals surface area contributed by atoms with Crippen molar-refractivity contribution in [2.24, 2.45) is 10.9 Å². The molecular weight excluding hydrogens is 503 g/mol. The number of aliphatic imine (C=N–C) groups is 1. The maximum atomic E-state index is 12.3. The molecule has 2 aromatic rings. The fourth-order valence-electron chi connectivity index (χ4n) is 3.58. The zero-order valence-corrected chi connectivity index (χ0v) is 20.4. The van der Waals surface area contributed by atoms with Crippen LogP contribution in [0.5, 0.6) is 5.75 Å². The van der Waals surface area contributed by atoms with E-state index in [0.29, 0.717) is 13.2 Å². The van der Waals surface area contributed by atoms with Crippen molar-refractivity contribution in [1.29, 1.82) is 0 Å². The molecule has 1 aliphatic carbocycles. The first-order chi connectivity index (χ1) is 14.7. The average molecular weight is 536 g/mol. The molecule has 1 saturated carbocycles. The third-order valence-corrected chi connectivity index (χ3v) is 5.23. The minimum atomic E-state index is 0. The minimum Gasteiger partial charge on any atom is -0.494 e. The van der Waals surface area contributed by atoms with Crippen LogP contribution >= 0.6 is 24.0 Å². The maximum Gasteiger partial charge on any atom is 0.227 e. The molecule has 31 heavy (non-hydrogen) atoms. The third kappa shape index (κ3) is 8.77. The lowest BCUT2D eigenvalue weighted by Gasteiger charge is -2.14. The number of rotatable bonds is 9. The topological polar surface area (TPSA) is 74.8 Å². The first kappa shape index (κ1) is 25.0. The molecule has 0 aliphatic heterocycles. The smallest absolute Gasteiger partial charge is 0.227 e. The van der Waals surface area contributed by atoms with E-state index < -0.39 is 0 Å². The first-order valence-corrected chi connectivity index (χ1v) is 10.8. The van der Waals surface area contributed by atoms with Crippen LogP contribution in [0.2, 0.25) is 0 Å². The normalized spacial score (nSPS) is 13.9. The summed E-state index contributed by atoms with van der Waals surface area (Å²) in [7, 11) is 1.76. The summed E-state index contributed by atoms with van der Waals surface area (Å²) in [4.78, 5) is 16.6. The van der Waals surface area contributed by atoms with Gasteiger partial charge in [0.25, 0.3) is 0 Å². The minimum absolute atomic E-state index is 0. The van der Waals surface area contributed by atoms with Crippen molar-refractivity contribution in [3.05, 3.63) is 60.2 Å². The van der Waals surface area contributed by atoms with Gasteiger partial charge in [-0.1, -0.05) is 43.2 Å². The van der Waals surface area contributed by atoms with Gasteiger partial charge in [0.05, 0.1) is 6.61 Å². The van der Waals surface area contributed by atoms with Gasteiger partial charge in [0.2, 0.25) is 5.91 Å². The number of hydrogen-bond acceptors (Lipinski definition) is 3. The van der Waals surface area contributed by atoms with E-state index >= 15 is 0 Å². The lowest BCUT2D eigenvalue weighted by atomic mass is 10.1. The van der Waals surface area contributed by atoms with Crippen molar-refractivity contribution >= 4 is 41.5 Å². The number of carbonyl (C=O) groups excluding carboxylic acids is 1. The zero-order chi connectivity index (χ0) is 21.0. The van der Waals surface area contributed by atoms with Crippen molar-refractivity contribution in [2.75, 3.05) is 25.5 Å². The molecule has 0 heterocycles. The second-order valence-corrected chi connectivity index (χ2v) is 7.54. The van der Waals surface area contributed by atoms with Crippen LogP contribution in [0.25, 0.3) is 0 Å². The SMILES string of the molecule is CN=C(NCCCOc1ccccc1)NCc1cccc(NC(=O)C2CCCC2)c1.I. The van der Waals surface area contributed by atoms with E-state index in [1.165, 1.54) is 0 Å². The predicted molar refractivity (Wildman–Crippen MR) is 137 cm³/mol. The lowest BCUT2D eigenvalue weighted by Crippen LogP contribution is -2.37. The number of anilines is 1. The molecule has 0 saturated heterocycles. The molecule has 1 amide bonds. The number of nitrogens with one attached hydrogen (secondary N) is 3. The van der Waals surface area contributed by atoms with Crippen LogP contribution in [-0.4, -0.2) is 32.1 Å². The fraction of sp³-hybridized carbons (Fsp3) is 0.417. The first-order valence-electron chi connectivity index (χ1n) is 10.8. The van der Waals surface area contributed by atoms with Gasteiger partial charge < -0.3 is 20.7 Å². The van der Waals surface area contributed by atoms with Gasteiger partial charge in [-0.15, -0.1) is 24.0 Å². The summed E-state index contributed by atoms with van der Waals surface area (Å²) in [6.07, 6.45) is 5.20. The van der Waals surface area contributed by atoms with Gasteiger partial charge in [-0.2, -0.15) is 0 Å². The summed E-state index contributed by atoms with van der Waals surface area (Å²) in [6.45, 7) is 2.05. The number of benzene rings is 2. The second kappa shape index (κ2) is 13.9. The van der Waals surface area contributed by atoms with E-state index in [1.54, 1.807) is 7.05 Å². The Kier molecular flexibility index (Phi) is 11.2. The third-order valence-electron chi connectivity index (χ3n) is 5.23. The van der Waals surface area contributed by atoms with E-state index in [9.17, 15) is 4.79 Å². The van der Waals surface area contributed by atoms with Crippen molar-refractivity contribution in [1.82, 2.24) is 10.6 Å². The van der Waals surface area contributed by atoms with Gasteiger partial charge in [-0.05, 0) is 49.1 Å². The number of para-hydroxylation sites is 1. The highest BCUT2D eigenvalue weighted by atomic mass is 127. The Bertz CT molecular complexity index is 823. The Hall–Kier alpha value is -2.29. The molecule has 6 nitrogen and oxygen atoms in total. The molecule has 1 aliphatic rings. The Morgan fingerprint density at radius 3 is 2.58 bits per heavy atom. The summed E-state index contributed by atoms with van der Waals surface area (Å²) in [5, 5.41) is 9.68. The van der Waals surface area contributed by atoms with Crippen LogP contribution in [0.4, 0.5) is 5.69 Å². The van der Waals surface area contributed by atoms with E-state index in [0.717, 1.165) is 61.6 Å². The standard InChI is InChI=1S/C24H32N4O2.HI/c1-25-24(26-15-8-16-30-22-13-3-2-4-14-22)27-18-19-9-7-12-21(17-19)28-23(29)20-10-5-6-11-20;/h2-4,7,9,12-14,17,20H,5-6,8,10-11,15-16,18H2,1H3,(H,28,29)(H2,25,26,27);1H. The van der Waals surface area contributed by atoms with E-state index in [2.05, 4.69) is 20.9 Å². The van der Waals surface area contributed by atoms with E-state index in [-0.39, 0.29) is 35.8 Å². The number of guanidine groups is 1. The molecule has 0 aromatic heterocycles. The molecule has 3 N–H and O–H groups in total. The average Bonchev–Trinajstić information content (AvgIpc) is 3.32. The van der Waals surface area contributed by atoms with Crippen LogP contribution in [0.3, 0.4) is 0 Å². The Morgan fingerprint density at radius 2 is 1.84 bits per heavy atom. The number of nitrogens with zero attached hydrogens (tertiary/aromatic N) is 1. The summed E-state index contributed by atoms with van der Waals surface area (Å²) in [6, 6.07) is 17.8. The van der Waals surface area contributed by atoms with Crippen LogP contribution < -0.4 is 20.7 Å².